The minimum atomic E-state index is -0.498. The molecule has 0 saturated carbocycles. The lowest BCUT2D eigenvalue weighted by molar-refractivity contribution is -0.148. The molecule has 4 aliphatic rings. The van der Waals surface area contributed by atoms with E-state index in [0.717, 1.165) is 69.8 Å². The molecule has 2 bridgehead atoms. The van der Waals surface area contributed by atoms with E-state index < -0.39 is 11.6 Å². The lowest BCUT2D eigenvalue weighted by Crippen LogP contribution is -2.61. The van der Waals surface area contributed by atoms with Crippen molar-refractivity contribution in [2.75, 3.05) is 26.2 Å². The zero-order chi connectivity index (χ0) is 19.3. The van der Waals surface area contributed by atoms with Crippen LogP contribution in [-0.4, -0.2) is 54.1 Å². The molecule has 4 saturated heterocycles. The number of nitrogens with zero attached hydrogens (tertiary/aromatic N) is 2. The van der Waals surface area contributed by atoms with Gasteiger partial charge in [-0.05, 0) is 68.1 Å². The predicted molar refractivity (Wildman–Crippen MR) is 101 cm³/mol. The Morgan fingerprint density at radius 3 is 2.57 bits per heavy atom. The van der Waals surface area contributed by atoms with E-state index in [1.54, 1.807) is 0 Å². The van der Waals surface area contributed by atoms with E-state index in [9.17, 15) is 13.6 Å². The third kappa shape index (κ3) is 3.35. The van der Waals surface area contributed by atoms with E-state index >= 15 is 0 Å². The number of likely N-dealkylation sites (tertiary alicyclic amines) is 1. The fourth-order valence-electron chi connectivity index (χ4n) is 6.09. The highest BCUT2D eigenvalue weighted by molar-refractivity contribution is 5.81. The van der Waals surface area contributed by atoms with Crippen molar-refractivity contribution < 1.29 is 18.3 Å². The Labute approximate surface area is 164 Å². The Kier molecular flexibility index (Phi) is 4.87. The first-order valence-corrected chi connectivity index (χ1v) is 10.7. The number of ether oxygens (including phenoxy) is 1. The Balaban J connectivity index is 1.35. The number of benzene rings is 1. The van der Waals surface area contributed by atoms with Crippen LogP contribution in [0.4, 0.5) is 8.78 Å². The maximum atomic E-state index is 13.8. The monoisotopic (exact) mass is 390 g/mol. The van der Waals surface area contributed by atoms with Crippen molar-refractivity contribution in [2.45, 2.75) is 56.7 Å². The summed E-state index contributed by atoms with van der Waals surface area (Å²) in [6, 6.07) is 4.40. The summed E-state index contributed by atoms with van der Waals surface area (Å²) in [5, 5.41) is 0. The van der Waals surface area contributed by atoms with Gasteiger partial charge in [0.05, 0.1) is 0 Å². The van der Waals surface area contributed by atoms with Gasteiger partial charge in [0.1, 0.15) is 17.7 Å². The van der Waals surface area contributed by atoms with Crippen LogP contribution in [0.5, 0.6) is 0 Å². The van der Waals surface area contributed by atoms with Crippen LogP contribution in [0.3, 0.4) is 0 Å². The molecule has 4 heterocycles. The number of rotatable bonds is 2. The highest BCUT2D eigenvalue weighted by Crippen LogP contribution is 2.44. The molecule has 152 valence electrons. The number of hydrogen-bond acceptors (Lipinski definition) is 3. The summed E-state index contributed by atoms with van der Waals surface area (Å²) < 4.78 is 33.2. The van der Waals surface area contributed by atoms with Gasteiger partial charge in [0.2, 0.25) is 0 Å². The lowest BCUT2D eigenvalue weighted by Gasteiger charge is -2.55. The first-order chi connectivity index (χ1) is 13.6. The SMILES string of the molecule is O=C([C@H]1CCCO1)N1C[C@@H]2C[C@H](C1)[C@@H]1CCC[C@H](c3cc(F)cc(F)c3)N1C2. The van der Waals surface area contributed by atoms with Gasteiger partial charge in [-0.3, -0.25) is 9.69 Å². The number of fused-ring (bicyclic) bond motifs is 4. The largest absolute Gasteiger partial charge is 0.368 e. The van der Waals surface area contributed by atoms with Crippen molar-refractivity contribution in [3.63, 3.8) is 0 Å². The molecule has 1 amide bonds. The zero-order valence-corrected chi connectivity index (χ0v) is 16.2. The normalized spacial score (nSPS) is 35.6. The number of halogens is 2. The molecule has 0 spiro atoms. The Hall–Kier alpha value is -1.53. The van der Waals surface area contributed by atoms with Gasteiger partial charge in [-0.15, -0.1) is 0 Å². The van der Waals surface area contributed by atoms with Crippen molar-refractivity contribution >= 4 is 5.91 Å². The van der Waals surface area contributed by atoms with Crippen LogP contribution in [0.25, 0.3) is 0 Å². The molecular formula is C22H28F2N2O2. The molecule has 0 radical (unpaired) electrons. The van der Waals surface area contributed by atoms with Crippen molar-refractivity contribution in [1.29, 1.82) is 0 Å². The van der Waals surface area contributed by atoms with Crippen LogP contribution in [0.2, 0.25) is 0 Å². The van der Waals surface area contributed by atoms with Gasteiger partial charge in [-0.25, -0.2) is 8.78 Å². The number of amides is 1. The van der Waals surface area contributed by atoms with Crippen molar-refractivity contribution in [1.82, 2.24) is 9.80 Å². The van der Waals surface area contributed by atoms with E-state index in [1.807, 2.05) is 4.90 Å². The summed E-state index contributed by atoms with van der Waals surface area (Å²) in [6.45, 7) is 3.17. The molecule has 0 aromatic heterocycles. The quantitative estimate of drug-likeness (QED) is 0.775. The van der Waals surface area contributed by atoms with Crippen molar-refractivity contribution in [3.8, 4) is 0 Å². The third-order valence-corrected chi connectivity index (χ3v) is 7.17. The summed E-state index contributed by atoms with van der Waals surface area (Å²) in [5.74, 6) is 0.0453. The molecule has 4 aliphatic heterocycles. The number of carbonyl (C=O) groups is 1. The fourth-order valence-corrected chi connectivity index (χ4v) is 6.09. The second-order valence-corrected chi connectivity index (χ2v) is 9.02. The molecule has 0 aliphatic carbocycles. The molecular weight excluding hydrogens is 362 g/mol. The first kappa shape index (κ1) is 18.5. The number of hydrogen-bond donors (Lipinski definition) is 0. The topological polar surface area (TPSA) is 32.8 Å². The molecule has 5 atom stereocenters. The van der Waals surface area contributed by atoms with E-state index in [-0.39, 0.29) is 18.1 Å². The van der Waals surface area contributed by atoms with Gasteiger partial charge < -0.3 is 9.64 Å². The third-order valence-electron chi connectivity index (χ3n) is 7.17. The summed E-state index contributed by atoms with van der Waals surface area (Å²) in [4.78, 5) is 17.4. The van der Waals surface area contributed by atoms with Crippen molar-refractivity contribution in [3.05, 3.63) is 35.4 Å². The maximum Gasteiger partial charge on any atom is 0.251 e. The van der Waals surface area contributed by atoms with Crippen molar-refractivity contribution in [2.24, 2.45) is 11.8 Å². The van der Waals surface area contributed by atoms with Crippen LogP contribution in [-0.2, 0) is 9.53 Å². The average molecular weight is 390 g/mol. The summed E-state index contributed by atoms with van der Waals surface area (Å²) in [5.41, 5.74) is 0.759. The summed E-state index contributed by atoms with van der Waals surface area (Å²) >= 11 is 0. The molecule has 1 aromatic carbocycles. The lowest BCUT2D eigenvalue weighted by atomic mass is 9.73. The van der Waals surface area contributed by atoms with Crippen LogP contribution in [0.1, 0.15) is 50.1 Å². The zero-order valence-electron chi connectivity index (χ0n) is 16.2. The van der Waals surface area contributed by atoms with Gasteiger partial charge in [0, 0.05) is 44.4 Å². The number of carbonyl (C=O) groups excluding carboxylic acids is 1. The summed E-state index contributed by atoms with van der Waals surface area (Å²) in [7, 11) is 0. The minimum Gasteiger partial charge on any atom is -0.368 e. The first-order valence-electron chi connectivity index (χ1n) is 10.7. The van der Waals surface area contributed by atoms with Gasteiger partial charge in [-0.2, -0.15) is 0 Å². The van der Waals surface area contributed by atoms with E-state index in [2.05, 4.69) is 4.90 Å². The fraction of sp³-hybridized carbons (Fsp3) is 0.682. The van der Waals surface area contributed by atoms with Crippen LogP contribution < -0.4 is 0 Å². The molecule has 6 heteroatoms. The molecule has 1 aromatic rings. The van der Waals surface area contributed by atoms with Crippen LogP contribution in [0.15, 0.2) is 18.2 Å². The van der Waals surface area contributed by atoms with E-state index in [4.69, 9.17) is 4.74 Å². The molecule has 28 heavy (non-hydrogen) atoms. The summed E-state index contributed by atoms with van der Waals surface area (Å²) in [6.07, 6.45) is 5.83. The molecule has 0 unspecified atom stereocenters. The highest BCUT2D eigenvalue weighted by atomic mass is 19.1. The maximum absolute atomic E-state index is 13.8. The van der Waals surface area contributed by atoms with Gasteiger partial charge in [0.15, 0.2) is 0 Å². The van der Waals surface area contributed by atoms with Crippen LogP contribution >= 0.6 is 0 Å². The number of piperidine rings is 3. The molecule has 0 N–H and O–H groups in total. The molecule has 4 fully saturated rings. The van der Waals surface area contributed by atoms with Gasteiger partial charge >= 0.3 is 0 Å². The standard InChI is InChI=1S/C22H28F2N2O2/c23-17-8-15(9-18(24)10-17)19-3-1-4-20-16-7-14(12-26(19)20)11-25(13-16)22(27)21-5-2-6-28-21/h8-10,14,16,19-21H,1-7,11-13H2/t14-,16+,19+,20-,21+/m0/s1. The predicted octanol–water partition coefficient (Wildman–Crippen LogP) is 3.52. The Bertz CT molecular complexity index is 732. The molecule has 5 rings (SSSR count). The highest BCUT2D eigenvalue weighted by Gasteiger charge is 2.46. The van der Waals surface area contributed by atoms with Gasteiger partial charge in [0.25, 0.3) is 5.91 Å². The Morgan fingerprint density at radius 2 is 1.82 bits per heavy atom. The average Bonchev–Trinajstić information content (AvgIpc) is 3.21. The second kappa shape index (κ2) is 7.38. The van der Waals surface area contributed by atoms with E-state index in [0.29, 0.717) is 24.5 Å². The molecule has 4 nitrogen and oxygen atoms in total. The smallest absolute Gasteiger partial charge is 0.251 e. The Morgan fingerprint density at radius 1 is 1.00 bits per heavy atom. The second-order valence-electron chi connectivity index (χ2n) is 9.02. The minimum absolute atomic E-state index is 0.0784. The van der Waals surface area contributed by atoms with Gasteiger partial charge in [-0.1, -0.05) is 0 Å². The van der Waals surface area contributed by atoms with Crippen LogP contribution in [0, 0.1) is 23.5 Å². The van der Waals surface area contributed by atoms with E-state index in [1.165, 1.54) is 12.1 Å².